The van der Waals surface area contributed by atoms with Gasteiger partial charge in [0.25, 0.3) is 11.6 Å². The highest BCUT2D eigenvalue weighted by atomic mass is 32.1. The minimum absolute atomic E-state index is 0.0605. The van der Waals surface area contributed by atoms with Crippen LogP contribution in [-0.4, -0.2) is 25.6 Å². The van der Waals surface area contributed by atoms with Crippen LogP contribution in [0.25, 0.3) is 15.3 Å². The summed E-state index contributed by atoms with van der Waals surface area (Å²) in [6, 6.07) is 11.7. The highest BCUT2D eigenvalue weighted by Gasteiger charge is 2.18. The lowest BCUT2D eigenvalue weighted by atomic mass is 9.92. The molecule has 0 spiro atoms. The summed E-state index contributed by atoms with van der Waals surface area (Å²) in [6.07, 6.45) is 4.64. The van der Waals surface area contributed by atoms with Gasteiger partial charge >= 0.3 is 0 Å². The summed E-state index contributed by atoms with van der Waals surface area (Å²) in [7, 11) is 0. The monoisotopic (exact) mass is 433 g/mol. The number of hydrogen-bond donors (Lipinski definition) is 1. The van der Waals surface area contributed by atoms with E-state index >= 15 is 0 Å². The number of non-ortho nitro benzene ring substituents is 1. The van der Waals surface area contributed by atoms with Gasteiger partial charge in [0.2, 0.25) is 5.13 Å². The number of anilines is 1. The SMILES string of the molecule is Cc1cc(NC(=O)c2ccc([N+](=O)[O-])cc2)n(-c2nc3cc4c(cc3s2)CCCC4)n1. The van der Waals surface area contributed by atoms with E-state index < -0.39 is 4.92 Å². The number of thiazole rings is 1. The lowest BCUT2D eigenvalue weighted by molar-refractivity contribution is -0.384. The van der Waals surface area contributed by atoms with Crippen LogP contribution < -0.4 is 5.32 Å². The molecule has 2 aromatic carbocycles. The summed E-state index contributed by atoms with van der Waals surface area (Å²) in [6.45, 7) is 1.85. The van der Waals surface area contributed by atoms with Gasteiger partial charge in [-0.3, -0.25) is 14.9 Å². The summed E-state index contributed by atoms with van der Waals surface area (Å²) in [5.74, 6) is 0.136. The molecule has 0 radical (unpaired) electrons. The highest BCUT2D eigenvalue weighted by Crippen LogP contribution is 2.32. The fraction of sp³-hybridized carbons (Fsp3) is 0.227. The van der Waals surface area contributed by atoms with Crippen LogP contribution in [0.4, 0.5) is 11.5 Å². The minimum Gasteiger partial charge on any atom is -0.306 e. The number of nitro groups is 1. The van der Waals surface area contributed by atoms with Crippen LogP contribution in [0.1, 0.15) is 40.0 Å². The third-order valence-electron chi connectivity index (χ3n) is 5.44. The molecule has 0 bridgehead atoms. The van der Waals surface area contributed by atoms with Crippen LogP contribution in [0.2, 0.25) is 0 Å². The van der Waals surface area contributed by atoms with Gasteiger partial charge in [-0.15, -0.1) is 0 Å². The van der Waals surface area contributed by atoms with Crippen molar-refractivity contribution in [3.8, 4) is 5.13 Å². The number of fused-ring (bicyclic) bond motifs is 2. The molecule has 0 aliphatic heterocycles. The van der Waals surface area contributed by atoms with Gasteiger partial charge < -0.3 is 5.32 Å². The van der Waals surface area contributed by atoms with Gasteiger partial charge in [0.1, 0.15) is 5.82 Å². The number of aryl methyl sites for hydroxylation is 3. The fourth-order valence-electron chi connectivity index (χ4n) is 3.89. The van der Waals surface area contributed by atoms with Crippen LogP contribution in [0, 0.1) is 17.0 Å². The molecule has 31 heavy (non-hydrogen) atoms. The van der Waals surface area contributed by atoms with Gasteiger partial charge in [-0.1, -0.05) is 11.3 Å². The molecule has 0 saturated heterocycles. The van der Waals surface area contributed by atoms with Gasteiger partial charge in [-0.2, -0.15) is 9.78 Å². The molecule has 0 atom stereocenters. The van der Waals surface area contributed by atoms with E-state index in [9.17, 15) is 14.9 Å². The van der Waals surface area contributed by atoms with E-state index in [-0.39, 0.29) is 11.6 Å². The Labute approximate surface area is 181 Å². The lowest BCUT2D eigenvalue weighted by Crippen LogP contribution is -2.15. The molecular weight excluding hydrogens is 414 g/mol. The molecule has 9 heteroatoms. The van der Waals surface area contributed by atoms with Crippen LogP contribution in [-0.2, 0) is 12.8 Å². The summed E-state index contributed by atoms with van der Waals surface area (Å²) in [5.41, 5.74) is 4.73. The van der Waals surface area contributed by atoms with Crippen molar-refractivity contribution in [3.05, 3.63) is 75.0 Å². The Balaban J connectivity index is 1.46. The van der Waals surface area contributed by atoms with Crippen molar-refractivity contribution >= 4 is 39.0 Å². The summed E-state index contributed by atoms with van der Waals surface area (Å²) < 4.78 is 2.75. The zero-order chi connectivity index (χ0) is 21.5. The molecule has 4 aromatic rings. The molecule has 1 aliphatic carbocycles. The Morgan fingerprint density at radius 2 is 1.84 bits per heavy atom. The maximum atomic E-state index is 12.7. The van der Waals surface area contributed by atoms with Crippen LogP contribution in [0.5, 0.6) is 0 Å². The van der Waals surface area contributed by atoms with E-state index in [1.165, 1.54) is 48.2 Å². The summed E-state index contributed by atoms with van der Waals surface area (Å²) >= 11 is 1.54. The topological polar surface area (TPSA) is 103 Å². The largest absolute Gasteiger partial charge is 0.306 e. The number of nitro benzene ring substituents is 1. The van der Waals surface area contributed by atoms with Crippen LogP contribution >= 0.6 is 11.3 Å². The van der Waals surface area contributed by atoms with E-state index in [4.69, 9.17) is 4.98 Å². The number of rotatable bonds is 4. The molecule has 8 nitrogen and oxygen atoms in total. The Bertz CT molecular complexity index is 1280. The average Bonchev–Trinajstić information content (AvgIpc) is 3.34. The molecule has 0 fully saturated rings. The third kappa shape index (κ3) is 3.68. The molecular formula is C22H19N5O3S. The Morgan fingerprint density at radius 3 is 2.55 bits per heavy atom. The predicted molar refractivity (Wildman–Crippen MR) is 119 cm³/mol. The average molecular weight is 433 g/mol. The number of amides is 1. The van der Waals surface area contributed by atoms with Crippen molar-refractivity contribution in [1.29, 1.82) is 0 Å². The second-order valence-electron chi connectivity index (χ2n) is 7.63. The number of carbonyl (C=O) groups is 1. The molecule has 156 valence electrons. The maximum Gasteiger partial charge on any atom is 0.269 e. The van der Waals surface area contributed by atoms with Gasteiger partial charge in [0.15, 0.2) is 0 Å². The smallest absolute Gasteiger partial charge is 0.269 e. The number of aromatic nitrogens is 3. The van der Waals surface area contributed by atoms with Crippen molar-refractivity contribution in [3.63, 3.8) is 0 Å². The van der Waals surface area contributed by atoms with E-state index in [0.29, 0.717) is 16.5 Å². The van der Waals surface area contributed by atoms with Crippen molar-refractivity contribution in [1.82, 2.24) is 14.8 Å². The standard InChI is InChI=1S/C22H19N5O3S/c1-13-10-20(24-21(28)14-6-8-17(9-7-14)27(29)30)26(25-13)22-23-18-11-15-4-2-3-5-16(15)12-19(18)31-22/h6-12H,2-5H2,1H3,(H,24,28). The maximum absolute atomic E-state index is 12.7. The first kappa shape index (κ1) is 19.4. The fourth-order valence-corrected chi connectivity index (χ4v) is 4.87. The van der Waals surface area contributed by atoms with E-state index in [0.717, 1.165) is 28.8 Å². The van der Waals surface area contributed by atoms with Crippen molar-refractivity contribution in [2.45, 2.75) is 32.6 Å². The molecule has 0 unspecified atom stereocenters. The predicted octanol–water partition coefficient (Wildman–Crippen LogP) is 4.83. The molecule has 1 aliphatic rings. The highest BCUT2D eigenvalue weighted by molar-refractivity contribution is 7.20. The molecule has 1 N–H and O–H groups in total. The van der Waals surface area contributed by atoms with E-state index in [2.05, 4.69) is 22.5 Å². The van der Waals surface area contributed by atoms with Gasteiger partial charge in [0.05, 0.1) is 20.8 Å². The van der Waals surface area contributed by atoms with Crippen molar-refractivity contribution < 1.29 is 9.72 Å². The van der Waals surface area contributed by atoms with Crippen molar-refractivity contribution in [2.75, 3.05) is 5.32 Å². The zero-order valence-corrected chi connectivity index (χ0v) is 17.6. The first-order valence-electron chi connectivity index (χ1n) is 10.0. The van der Waals surface area contributed by atoms with E-state index in [1.54, 1.807) is 22.1 Å². The van der Waals surface area contributed by atoms with Crippen molar-refractivity contribution in [2.24, 2.45) is 0 Å². The zero-order valence-electron chi connectivity index (χ0n) is 16.8. The van der Waals surface area contributed by atoms with Crippen LogP contribution in [0.3, 0.4) is 0 Å². The Hall–Kier alpha value is -3.59. The lowest BCUT2D eigenvalue weighted by Gasteiger charge is -2.14. The normalized spacial score (nSPS) is 13.2. The second kappa shape index (κ2) is 7.59. The number of nitrogens with zero attached hydrogens (tertiary/aromatic N) is 4. The Kier molecular flexibility index (Phi) is 4.74. The van der Waals surface area contributed by atoms with Gasteiger partial charge in [-0.05, 0) is 68.0 Å². The first-order chi connectivity index (χ1) is 15.0. The molecule has 2 aromatic heterocycles. The molecule has 1 amide bonds. The number of hydrogen-bond acceptors (Lipinski definition) is 6. The number of benzene rings is 2. The van der Waals surface area contributed by atoms with Gasteiger partial charge in [0, 0.05) is 23.8 Å². The third-order valence-corrected chi connectivity index (χ3v) is 6.43. The quantitative estimate of drug-likeness (QED) is 0.367. The van der Waals surface area contributed by atoms with Crippen LogP contribution in [0.15, 0.2) is 42.5 Å². The van der Waals surface area contributed by atoms with E-state index in [1.807, 2.05) is 6.92 Å². The van der Waals surface area contributed by atoms with Gasteiger partial charge in [-0.25, -0.2) is 4.98 Å². The molecule has 5 rings (SSSR count). The molecule has 2 heterocycles. The summed E-state index contributed by atoms with van der Waals surface area (Å²) in [5, 5.41) is 18.9. The second-order valence-corrected chi connectivity index (χ2v) is 8.64. The molecule has 0 saturated carbocycles. The minimum atomic E-state index is -0.495. The number of carbonyl (C=O) groups excluding carboxylic acids is 1. The first-order valence-corrected chi connectivity index (χ1v) is 10.8. The number of nitrogens with one attached hydrogen (secondary N) is 1. The Morgan fingerprint density at radius 1 is 1.13 bits per heavy atom. The summed E-state index contributed by atoms with van der Waals surface area (Å²) in [4.78, 5) is 27.8.